The Balaban J connectivity index is 1.36. The molecule has 0 unspecified atom stereocenters. The van der Waals surface area contributed by atoms with E-state index in [1.807, 2.05) is 66.7 Å². The minimum atomic E-state index is 0.449. The van der Waals surface area contributed by atoms with Crippen LogP contribution in [0.25, 0.3) is 22.4 Å². The predicted octanol–water partition coefficient (Wildman–Crippen LogP) is 7.04. The number of ether oxygens (including phenoxy) is 1. The number of fused-ring (bicyclic) bond motifs is 1. The van der Waals surface area contributed by atoms with Gasteiger partial charge in [0.2, 0.25) is 12.3 Å². The first-order valence-electron chi connectivity index (χ1n) is 10.2. The summed E-state index contributed by atoms with van der Waals surface area (Å²) in [6.07, 6.45) is 3.32. The molecule has 0 aliphatic heterocycles. The third-order valence-electron chi connectivity index (χ3n) is 5.16. The summed E-state index contributed by atoms with van der Waals surface area (Å²) in [5, 5.41) is 11.0. The summed E-state index contributed by atoms with van der Waals surface area (Å²) in [5.74, 6) is 1.24. The maximum atomic E-state index is 6.01. The summed E-state index contributed by atoms with van der Waals surface area (Å²) in [4.78, 5) is 0. The summed E-state index contributed by atoms with van der Waals surface area (Å²) >= 11 is 6.01. The first-order valence-corrected chi connectivity index (χ1v) is 10.6. The standard InChI is InChI=1S/C27H19ClN2O2/c28-24-11-6-19(7-12-24)16-26(27-30-29-18-32-27)22-9-13-25(14-10-22)31-17-20-5-8-21-3-1-2-4-23(21)15-20/h1-16,18H,17H2/b26-16+. The summed E-state index contributed by atoms with van der Waals surface area (Å²) < 4.78 is 11.5. The van der Waals surface area contributed by atoms with Gasteiger partial charge in [-0.1, -0.05) is 72.3 Å². The van der Waals surface area contributed by atoms with Gasteiger partial charge in [-0.2, -0.15) is 0 Å². The van der Waals surface area contributed by atoms with Gasteiger partial charge in [-0.15, -0.1) is 10.2 Å². The van der Waals surface area contributed by atoms with E-state index in [9.17, 15) is 0 Å². The van der Waals surface area contributed by atoms with Crippen LogP contribution in [0.3, 0.4) is 0 Å². The van der Waals surface area contributed by atoms with Gasteiger partial charge in [0.1, 0.15) is 12.4 Å². The number of benzene rings is 4. The van der Waals surface area contributed by atoms with Crippen LogP contribution in [0.5, 0.6) is 5.75 Å². The van der Waals surface area contributed by atoms with Crippen molar-refractivity contribution in [1.29, 1.82) is 0 Å². The molecule has 1 heterocycles. The van der Waals surface area contributed by atoms with Gasteiger partial charge in [0.05, 0.1) is 0 Å². The Morgan fingerprint density at radius 3 is 2.41 bits per heavy atom. The Kier molecular flexibility index (Phi) is 5.69. The molecule has 0 saturated carbocycles. The molecule has 0 radical (unpaired) electrons. The highest BCUT2D eigenvalue weighted by atomic mass is 35.5. The maximum Gasteiger partial charge on any atom is 0.248 e. The minimum absolute atomic E-state index is 0.449. The maximum absolute atomic E-state index is 6.01. The quantitative estimate of drug-likeness (QED) is 0.267. The second-order valence-electron chi connectivity index (χ2n) is 7.35. The third kappa shape index (κ3) is 4.56. The Hall–Kier alpha value is -3.89. The molecular weight excluding hydrogens is 420 g/mol. The number of nitrogens with zero attached hydrogens (tertiary/aromatic N) is 2. The Morgan fingerprint density at radius 2 is 1.66 bits per heavy atom. The number of hydrogen-bond donors (Lipinski definition) is 0. The summed E-state index contributed by atoms with van der Waals surface area (Å²) in [5.41, 5.74) is 3.88. The molecule has 5 rings (SSSR count). The van der Waals surface area contributed by atoms with Gasteiger partial charge in [-0.25, -0.2) is 0 Å². The molecule has 0 N–H and O–H groups in total. The molecule has 0 aliphatic carbocycles. The van der Waals surface area contributed by atoms with Crippen molar-refractivity contribution in [2.24, 2.45) is 0 Å². The number of hydrogen-bond acceptors (Lipinski definition) is 4. The zero-order valence-electron chi connectivity index (χ0n) is 17.1. The van der Waals surface area contributed by atoms with Gasteiger partial charge in [-0.3, -0.25) is 0 Å². The number of rotatable bonds is 6. The summed E-state index contributed by atoms with van der Waals surface area (Å²) in [6, 6.07) is 30.1. The second kappa shape index (κ2) is 9.08. The smallest absolute Gasteiger partial charge is 0.248 e. The molecule has 0 atom stereocenters. The first-order chi connectivity index (χ1) is 15.7. The third-order valence-corrected chi connectivity index (χ3v) is 5.41. The summed E-state index contributed by atoms with van der Waals surface area (Å²) in [6.45, 7) is 0.501. The normalized spacial score (nSPS) is 11.6. The minimum Gasteiger partial charge on any atom is -0.489 e. The fraction of sp³-hybridized carbons (Fsp3) is 0.0370. The van der Waals surface area contributed by atoms with E-state index in [0.717, 1.165) is 28.0 Å². The number of aromatic nitrogens is 2. The van der Waals surface area contributed by atoms with Crippen LogP contribution >= 0.6 is 11.6 Å². The average Bonchev–Trinajstić information content (AvgIpc) is 3.37. The van der Waals surface area contributed by atoms with Gasteiger partial charge < -0.3 is 9.15 Å². The molecular formula is C27H19ClN2O2. The van der Waals surface area contributed by atoms with Crippen molar-refractivity contribution in [3.63, 3.8) is 0 Å². The second-order valence-corrected chi connectivity index (χ2v) is 7.78. The highest BCUT2D eigenvalue weighted by Gasteiger charge is 2.11. The Labute approximate surface area is 190 Å². The van der Waals surface area contributed by atoms with E-state index in [2.05, 4.69) is 40.5 Å². The van der Waals surface area contributed by atoms with Gasteiger partial charge >= 0.3 is 0 Å². The fourth-order valence-corrected chi connectivity index (χ4v) is 3.64. The lowest BCUT2D eigenvalue weighted by molar-refractivity contribution is 0.306. The monoisotopic (exact) mass is 438 g/mol. The van der Waals surface area contributed by atoms with Gasteiger partial charge in [0.15, 0.2) is 0 Å². The van der Waals surface area contributed by atoms with Gasteiger partial charge in [-0.05, 0) is 63.9 Å². The van der Waals surface area contributed by atoms with Crippen molar-refractivity contribution in [3.8, 4) is 5.75 Å². The SMILES string of the molecule is Clc1ccc(/C=C(\c2ccc(OCc3ccc4ccccc4c3)cc2)c2nnco2)cc1. The van der Waals surface area contributed by atoms with Crippen molar-refractivity contribution in [3.05, 3.63) is 125 Å². The van der Waals surface area contributed by atoms with E-state index in [1.165, 1.54) is 17.2 Å². The van der Waals surface area contributed by atoms with E-state index in [1.54, 1.807) is 0 Å². The molecule has 0 fully saturated rings. The van der Waals surface area contributed by atoms with Gasteiger partial charge in [0, 0.05) is 10.6 Å². The molecule has 0 saturated heterocycles. The zero-order valence-corrected chi connectivity index (χ0v) is 17.9. The predicted molar refractivity (Wildman–Crippen MR) is 127 cm³/mol. The van der Waals surface area contributed by atoms with Crippen molar-refractivity contribution in [1.82, 2.24) is 10.2 Å². The first kappa shape index (κ1) is 20.0. The lowest BCUT2D eigenvalue weighted by atomic mass is 10.0. The molecule has 0 bridgehead atoms. The van der Waals surface area contributed by atoms with Crippen LogP contribution in [0.1, 0.15) is 22.6 Å². The van der Waals surface area contributed by atoms with E-state index < -0.39 is 0 Å². The van der Waals surface area contributed by atoms with Crippen LogP contribution in [-0.2, 0) is 6.61 Å². The lowest BCUT2D eigenvalue weighted by Gasteiger charge is -2.09. The highest BCUT2D eigenvalue weighted by Crippen LogP contribution is 2.27. The van der Waals surface area contributed by atoms with E-state index in [0.29, 0.717) is 17.5 Å². The van der Waals surface area contributed by atoms with Gasteiger partial charge in [0.25, 0.3) is 0 Å². The van der Waals surface area contributed by atoms with Crippen molar-refractivity contribution >= 4 is 34.0 Å². The summed E-state index contributed by atoms with van der Waals surface area (Å²) in [7, 11) is 0. The zero-order chi connectivity index (χ0) is 21.8. The average molecular weight is 439 g/mol. The van der Waals surface area contributed by atoms with E-state index in [-0.39, 0.29) is 0 Å². The fourth-order valence-electron chi connectivity index (χ4n) is 3.51. The molecule has 32 heavy (non-hydrogen) atoms. The van der Waals surface area contributed by atoms with Crippen molar-refractivity contribution in [2.75, 3.05) is 0 Å². The molecule has 5 heteroatoms. The van der Waals surface area contributed by atoms with E-state index in [4.69, 9.17) is 20.8 Å². The molecule has 5 aromatic rings. The van der Waals surface area contributed by atoms with Crippen LogP contribution in [0.4, 0.5) is 0 Å². The van der Waals surface area contributed by atoms with Crippen LogP contribution in [-0.4, -0.2) is 10.2 Å². The Bertz CT molecular complexity index is 1360. The van der Waals surface area contributed by atoms with E-state index >= 15 is 0 Å². The van der Waals surface area contributed by atoms with Crippen molar-refractivity contribution < 1.29 is 9.15 Å². The molecule has 156 valence electrons. The number of halogens is 1. The molecule has 4 nitrogen and oxygen atoms in total. The topological polar surface area (TPSA) is 48.2 Å². The molecule has 0 amide bonds. The molecule has 4 aromatic carbocycles. The van der Waals surface area contributed by atoms with Crippen molar-refractivity contribution in [2.45, 2.75) is 6.61 Å². The lowest BCUT2D eigenvalue weighted by Crippen LogP contribution is -1.96. The van der Waals surface area contributed by atoms with Crippen LogP contribution in [0.15, 0.2) is 102 Å². The highest BCUT2D eigenvalue weighted by molar-refractivity contribution is 6.30. The van der Waals surface area contributed by atoms with Crippen LogP contribution in [0, 0.1) is 0 Å². The largest absolute Gasteiger partial charge is 0.489 e. The van der Waals surface area contributed by atoms with Crippen LogP contribution < -0.4 is 4.74 Å². The Morgan fingerprint density at radius 1 is 0.875 bits per heavy atom. The molecule has 0 spiro atoms. The molecule has 0 aliphatic rings. The molecule has 1 aromatic heterocycles. The van der Waals surface area contributed by atoms with Crippen LogP contribution in [0.2, 0.25) is 5.02 Å².